The van der Waals surface area contributed by atoms with Gasteiger partial charge in [-0.1, -0.05) is 23.7 Å². The van der Waals surface area contributed by atoms with Gasteiger partial charge >= 0.3 is 5.97 Å². The fraction of sp³-hybridized carbons (Fsp3) is 0.200. The molecule has 2 N–H and O–H groups in total. The largest absolute Gasteiger partial charge is 0.478 e. The van der Waals surface area contributed by atoms with Crippen LogP contribution in [-0.2, 0) is 6.54 Å². The number of nitrogens with one attached hydrogen (secondary N) is 1. The molecule has 0 saturated carbocycles. The molecule has 4 nitrogen and oxygen atoms in total. The lowest BCUT2D eigenvalue weighted by molar-refractivity contribution is 0.0690. The molecular weight excluding hydrogens is 310 g/mol. The number of carbonyl (C=O) groups is 2. The number of amides is 1. The summed E-state index contributed by atoms with van der Waals surface area (Å²) in [5, 5.41) is 12.1. The van der Waals surface area contributed by atoms with Crippen LogP contribution in [0.5, 0.6) is 0 Å². The quantitative estimate of drug-likeness (QED) is 0.902. The maximum Gasteiger partial charge on any atom is 0.336 e. The van der Waals surface area contributed by atoms with Crippen LogP contribution in [0.2, 0.25) is 4.34 Å². The number of thiophene rings is 1. The van der Waals surface area contributed by atoms with E-state index < -0.39 is 11.9 Å². The number of benzene rings is 1. The van der Waals surface area contributed by atoms with Crippen LogP contribution in [0.15, 0.2) is 24.3 Å². The summed E-state index contributed by atoms with van der Waals surface area (Å²) in [6.07, 6.45) is 0. The molecule has 0 atom stereocenters. The molecule has 1 heterocycles. The molecule has 2 aromatic rings. The minimum atomic E-state index is -1.10. The first kappa shape index (κ1) is 15.5. The summed E-state index contributed by atoms with van der Waals surface area (Å²) in [5.74, 6) is -1.49. The van der Waals surface area contributed by atoms with Crippen LogP contribution in [0, 0.1) is 13.8 Å². The normalized spacial score (nSPS) is 10.4. The Labute approximate surface area is 131 Å². The Morgan fingerprint density at radius 2 is 1.76 bits per heavy atom. The molecule has 0 bridgehead atoms. The Morgan fingerprint density at radius 3 is 2.29 bits per heavy atom. The fourth-order valence-corrected chi connectivity index (χ4v) is 3.11. The van der Waals surface area contributed by atoms with Crippen molar-refractivity contribution in [3.8, 4) is 0 Å². The number of hydrogen-bond donors (Lipinski definition) is 2. The molecule has 6 heteroatoms. The van der Waals surface area contributed by atoms with Crippen LogP contribution in [0.3, 0.4) is 0 Å². The van der Waals surface area contributed by atoms with Gasteiger partial charge in [0.05, 0.1) is 22.0 Å². The number of carboxylic acids is 1. The Morgan fingerprint density at radius 1 is 1.14 bits per heavy atom. The highest BCUT2D eigenvalue weighted by molar-refractivity contribution is 7.16. The standard InChI is InChI=1S/C15H14ClNO3S/c1-8-3-4-9(2)13(15(19)20)12(8)14(18)17-7-10-5-6-11(16)21-10/h3-6H,7H2,1-2H3,(H,17,18)(H,19,20). The van der Waals surface area contributed by atoms with Crippen molar-refractivity contribution < 1.29 is 14.7 Å². The number of carbonyl (C=O) groups excluding carboxylic acids is 1. The third-order valence-corrected chi connectivity index (χ3v) is 4.35. The van der Waals surface area contributed by atoms with Crippen molar-refractivity contribution in [1.29, 1.82) is 0 Å². The van der Waals surface area contributed by atoms with Crippen molar-refractivity contribution in [3.63, 3.8) is 0 Å². The summed E-state index contributed by atoms with van der Waals surface area (Å²) in [5.41, 5.74) is 1.47. The second-order valence-electron chi connectivity index (χ2n) is 4.64. The van der Waals surface area contributed by atoms with Gasteiger partial charge in [0, 0.05) is 4.88 Å². The van der Waals surface area contributed by atoms with Gasteiger partial charge in [0.2, 0.25) is 0 Å². The molecule has 0 aliphatic rings. The summed E-state index contributed by atoms with van der Waals surface area (Å²) in [6, 6.07) is 7.04. The molecule has 110 valence electrons. The molecule has 0 aliphatic carbocycles. The van der Waals surface area contributed by atoms with Crippen molar-refractivity contribution in [2.45, 2.75) is 20.4 Å². The monoisotopic (exact) mass is 323 g/mol. The zero-order valence-electron chi connectivity index (χ0n) is 11.6. The van der Waals surface area contributed by atoms with Gasteiger partial charge in [0.1, 0.15) is 0 Å². The maximum absolute atomic E-state index is 12.3. The third kappa shape index (κ3) is 3.43. The molecule has 0 radical (unpaired) electrons. The molecule has 1 amide bonds. The van der Waals surface area contributed by atoms with Gasteiger partial charge in [0.25, 0.3) is 5.91 Å². The predicted molar refractivity (Wildman–Crippen MR) is 83.4 cm³/mol. The van der Waals surface area contributed by atoms with Crippen molar-refractivity contribution in [2.75, 3.05) is 0 Å². The summed E-state index contributed by atoms with van der Waals surface area (Å²) in [4.78, 5) is 24.6. The first-order chi connectivity index (χ1) is 9.90. The Bertz CT molecular complexity index is 709. The SMILES string of the molecule is Cc1ccc(C)c(C(=O)NCc2ccc(Cl)s2)c1C(=O)O. The van der Waals surface area contributed by atoms with Gasteiger partial charge in [-0.05, 0) is 37.1 Å². The lowest BCUT2D eigenvalue weighted by atomic mass is 9.96. The summed E-state index contributed by atoms with van der Waals surface area (Å²) in [6.45, 7) is 3.73. The lowest BCUT2D eigenvalue weighted by Gasteiger charge is -2.12. The first-order valence-corrected chi connectivity index (χ1v) is 7.45. The Kier molecular flexibility index (Phi) is 4.65. The molecule has 2 rings (SSSR count). The zero-order chi connectivity index (χ0) is 15.6. The average molecular weight is 324 g/mol. The van der Waals surface area contributed by atoms with Crippen molar-refractivity contribution in [2.24, 2.45) is 0 Å². The molecule has 21 heavy (non-hydrogen) atoms. The van der Waals surface area contributed by atoms with Gasteiger partial charge in [0.15, 0.2) is 0 Å². The van der Waals surface area contributed by atoms with Gasteiger partial charge in [-0.15, -0.1) is 11.3 Å². The second-order valence-corrected chi connectivity index (χ2v) is 6.44. The third-order valence-electron chi connectivity index (χ3n) is 3.11. The predicted octanol–water partition coefficient (Wildman–Crippen LogP) is 3.65. The van der Waals surface area contributed by atoms with Gasteiger partial charge in [-0.3, -0.25) is 4.79 Å². The fourth-order valence-electron chi connectivity index (χ4n) is 2.08. The van der Waals surface area contributed by atoms with Gasteiger partial charge < -0.3 is 10.4 Å². The minimum absolute atomic E-state index is 0.0525. The number of aryl methyl sites for hydroxylation is 2. The van der Waals surface area contributed by atoms with Crippen molar-refractivity contribution in [3.05, 3.63) is 55.7 Å². The van der Waals surface area contributed by atoms with Gasteiger partial charge in [-0.2, -0.15) is 0 Å². The first-order valence-electron chi connectivity index (χ1n) is 6.26. The Hall–Kier alpha value is -1.85. The molecule has 0 aliphatic heterocycles. The van der Waals surface area contributed by atoms with E-state index in [-0.39, 0.29) is 11.1 Å². The molecule has 0 spiro atoms. The zero-order valence-corrected chi connectivity index (χ0v) is 13.1. The average Bonchev–Trinajstić information content (AvgIpc) is 2.83. The molecule has 0 saturated heterocycles. The topological polar surface area (TPSA) is 66.4 Å². The van der Waals surface area contributed by atoms with Crippen LogP contribution in [0.25, 0.3) is 0 Å². The highest BCUT2D eigenvalue weighted by Gasteiger charge is 2.21. The number of rotatable bonds is 4. The number of halogens is 1. The summed E-state index contributed by atoms with van der Waals surface area (Å²) in [7, 11) is 0. The lowest BCUT2D eigenvalue weighted by Crippen LogP contribution is -2.26. The van der Waals surface area contributed by atoms with E-state index >= 15 is 0 Å². The van der Waals surface area contributed by atoms with Crippen molar-refractivity contribution >= 4 is 34.8 Å². The smallest absolute Gasteiger partial charge is 0.336 e. The van der Waals surface area contributed by atoms with E-state index in [2.05, 4.69) is 5.32 Å². The summed E-state index contributed by atoms with van der Waals surface area (Å²) < 4.78 is 0.650. The van der Waals surface area contributed by atoms with Crippen LogP contribution in [0.1, 0.15) is 36.7 Å². The van der Waals surface area contributed by atoms with Crippen LogP contribution >= 0.6 is 22.9 Å². The highest BCUT2D eigenvalue weighted by Crippen LogP contribution is 2.22. The molecule has 0 unspecified atom stereocenters. The second kappa shape index (κ2) is 6.28. The molecular formula is C15H14ClNO3S. The molecule has 0 fully saturated rings. The van der Waals surface area contributed by atoms with E-state index in [0.717, 1.165) is 4.88 Å². The van der Waals surface area contributed by atoms with Crippen LogP contribution in [0.4, 0.5) is 0 Å². The number of hydrogen-bond acceptors (Lipinski definition) is 3. The number of carboxylic acid groups (broad SMARTS) is 1. The van der Waals surface area contributed by atoms with E-state index in [1.54, 1.807) is 32.0 Å². The minimum Gasteiger partial charge on any atom is -0.478 e. The van der Waals surface area contributed by atoms with E-state index in [1.165, 1.54) is 11.3 Å². The Balaban J connectivity index is 2.26. The van der Waals surface area contributed by atoms with Crippen molar-refractivity contribution in [1.82, 2.24) is 5.32 Å². The van der Waals surface area contributed by atoms with E-state index in [0.29, 0.717) is 22.0 Å². The summed E-state index contributed by atoms with van der Waals surface area (Å²) >= 11 is 7.21. The molecule has 1 aromatic heterocycles. The van der Waals surface area contributed by atoms with Crippen LogP contribution < -0.4 is 5.32 Å². The number of aromatic carboxylic acids is 1. The van der Waals surface area contributed by atoms with Crippen LogP contribution in [-0.4, -0.2) is 17.0 Å². The highest BCUT2D eigenvalue weighted by atomic mass is 35.5. The van der Waals surface area contributed by atoms with Gasteiger partial charge in [-0.25, -0.2) is 4.79 Å². The van der Waals surface area contributed by atoms with E-state index in [4.69, 9.17) is 11.6 Å². The van der Waals surface area contributed by atoms with E-state index in [1.807, 2.05) is 6.07 Å². The maximum atomic E-state index is 12.3. The van der Waals surface area contributed by atoms with E-state index in [9.17, 15) is 14.7 Å². The molecule has 1 aromatic carbocycles.